The highest BCUT2D eigenvalue weighted by molar-refractivity contribution is 9.10. The van der Waals surface area contributed by atoms with E-state index in [-0.39, 0.29) is 0 Å². The summed E-state index contributed by atoms with van der Waals surface area (Å²) in [5.41, 5.74) is 7.45. The Morgan fingerprint density at radius 3 is 2.78 bits per heavy atom. The van der Waals surface area contributed by atoms with Gasteiger partial charge < -0.3 is 26.4 Å². The van der Waals surface area contributed by atoms with Crippen molar-refractivity contribution in [1.82, 2.24) is 15.3 Å². The molecule has 2 aromatic carbocycles. The van der Waals surface area contributed by atoms with Crippen molar-refractivity contribution in [2.75, 3.05) is 36.9 Å². The lowest BCUT2D eigenvalue weighted by Gasteiger charge is -2.23. The lowest BCUT2D eigenvalue weighted by atomic mass is 9.99. The fraction of sp³-hybridized carbons (Fsp3) is 0.346. The Bertz CT molecular complexity index is 1250. The van der Waals surface area contributed by atoms with Crippen molar-refractivity contribution in [2.24, 2.45) is 11.7 Å². The Balaban J connectivity index is 1.59. The number of carbonyl (C=O) groups is 1. The second-order valence-electron chi connectivity index (χ2n) is 8.84. The van der Waals surface area contributed by atoms with Gasteiger partial charge in [0.15, 0.2) is 0 Å². The molecule has 1 saturated heterocycles. The topological polar surface area (TPSA) is 114 Å². The molecule has 0 atom stereocenters. The quantitative estimate of drug-likeness (QED) is 0.196. The van der Waals surface area contributed by atoms with Gasteiger partial charge in [0, 0.05) is 28.0 Å². The van der Waals surface area contributed by atoms with Gasteiger partial charge in [0.2, 0.25) is 5.91 Å². The number of benzene rings is 2. The Kier molecular flexibility index (Phi) is 8.71. The van der Waals surface area contributed by atoms with Gasteiger partial charge in [-0.05, 0) is 69.0 Å². The number of ether oxygens (including phenoxy) is 1. The Labute approximate surface area is 218 Å². The van der Waals surface area contributed by atoms with Gasteiger partial charge in [-0.1, -0.05) is 22.5 Å². The van der Waals surface area contributed by atoms with E-state index in [1.54, 1.807) is 12.1 Å². The van der Waals surface area contributed by atoms with Gasteiger partial charge in [-0.2, -0.15) is 0 Å². The van der Waals surface area contributed by atoms with Crippen molar-refractivity contribution >= 4 is 49.9 Å². The normalized spacial score (nSPS) is 13.9. The van der Waals surface area contributed by atoms with Crippen molar-refractivity contribution in [3.63, 3.8) is 0 Å². The number of nitrogens with one attached hydrogen (secondary N) is 3. The zero-order chi connectivity index (χ0) is 25.5. The second-order valence-corrected chi connectivity index (χ2v) is 9.76. The first-order valence-electron chi connectivity index (χ1n) is 12.0. The molecule has 0 saturated carbocycles. The number of rotatable bonds is 11. The maximum atomic E-state index is 14.5. The van der Waals surface area contributed by atoms with E-state index in [4.69, 9.17) is 10.5 Å². The Morgan fingerprint density at radius 1 is 1.22 bits per heavy atom. The number of anilines is 3. The fourth-order valence-corrected chi connectivity index (χ4v) is 4.40. The summed E-state index contributed by atoms with van der Waals surface area (Å²) in [5, 5.41) is 10.6. The number of halogens is 2. The van der Waals surface area contributed by atoms with E-state index in [1.165, 1.54) is 12.4 Å². The monoisotopic (exact) mass is 556 g/mol. The number of primary amides is 1. The summed E-state index contributed by atoms with van der Waals surface area (Å²) in [6.07, 6.45) is 4.76. The number of hydrogen-bond acceptors (Lipinski definition) is 7. The molecule has 2 heterocycles. The molecule has 3 aromatic rings. The molecule has 0 radical (unpaired) electrons. The van der Waals surface area contributed by atoms with Gasteiger partial charge >= 0.3 is 0 Å². The van der Waals surface area contributed by atoms with Crippen LogP contribution in [0.2, 0.25) is 0 Å². The van der Waals surface area contributed by atoms with Crippen LogP contribution in [0.4, 0.5) is 21.6 Å². The van der Waals surface area contributed by atoms with Crippen molar-refractivity contribution in [3.8, 4) is 5.75 Å². The van der Waals surface area contributed by atoms with Crippen LogP contribution in [0.15, 0.2) is 53.3 Å². The Morgan fingerprint density at radius 2 is 2.03 bits per heavy atom. The molecule has 1 fully saturated rings. The van der Waals surface area contributed by atoms with E-state index in [2.05, 4.69) is 48.4 Å². The van der Waals surface area contributed by atoms with Crippen LogP contribution in [0, 0.1) is 11.7 Å². The van der Waals surface area contributed by atoms with E-state index in [1.807, 2.05) is 12.1 Å². The fourth-order valence-electron chi connectivity index (χ4n) is 4.06. The van der Waals surface area contributed by atoms with E-state index in [0.29, 0.717) is 64.7 Å². The first-order valence-corrected chi connectivity index (χ1v) is 12.8. The van der Waals surface area contributed by atoms with E-state index in [0.717, 1.165) is 37.0 Å². The number of piperidine rings is 1. The first-order chi connectivity index (χ1) is 17.4. The largest absolute Gasteiger partial charge is 0.491 e. The highest BCUT2D eigenvalue weighted by Gasteiger charge is 2.17. The molecule has 36 heavy (non-hydrogen) atoms. The molecule has 10 heteroatoms. The van der Waals surface area contributed by atoms with E-state index in [9.17, 15) is 9.18 Å². The van der Waals surface area contributed by atoms with Crippen LogP contribution < -0.4 is 26.4 Å². The van der Waals surface area contributed by atoms with Crippen LogP contribution in [0.3, 0.4) is 0 Å². The summed E-state index contributed by atoms with van der Waals surface area (Å²) in [7, 11) is 0. The second kappa shape index (κ2) is 12.1. The van der Waals surface area contributed by atoms with Crippen LogP contribution in [-0.4, -0.2) is 42.1 Å². The molecule has 5 N–H and O–H groups in total. The van der Waals surface area contributed by atoms with Crippen molar-refractivity contribution < 1.29 is 13.9 Å². The summed E-state index contributed by atoms with van der Waals surface area (Å²) < 4.78 is 21.4. The minimum absolute atomic E-state index is 0.309. The van der Waals surface area contributed by atoms with Crippen LogP contribution in [0.25, 0.3) is 10.9 Å². The van der Waals surface area contributed by atoms with Crippen molar-refractivity contribution in [3.05, 3.63) is 59.1 Å². The molecule has 0 spiro atoms. The van der Waals surface area contributed by atoms with Gasteiger partial charge in [-0.15, -0.1) is 0 Å². The molecule has 1 aliphatic rings. The summed E-state index contributed by atoms with van der Waals surface area (Å²) in [6, 6.07) is 8.59. The number of hydrogen-bond donors (Lipinski definition) is 4. The summed E-state index contributed by atoms with van der Waals surface area (Å²) in [6.45, 7) is 6.90. The third kappa shape index (κ3) is 6.70. The lowest BCUT2D eigenvalue weighted by Crippen LogP contribution is -2.30. The highest BCUT2D eigenvalue weighted by atomic mass is 79.9. The number of fused-ring (bicyclic) bond motifs is 1. The number of amides is 1. The third-order valence-corrected chi connectivity index (χ3v) is 6.67. The molecule has 190 valence electrons. The number of aromatic nitrogens is 2. The summed E-state index contributed by atoms with van der Waals surface area (Å²) in [4.78, 5) is 20.0. The van der Waals surface area contributed by atoms with Crippen LogP contribution in [-0.2, 0) is 4.79 Å². The lowest BCUT2D eigenvalue weighted by molar-refractivity contribution is -0.114. The zero-order valence-corrected chi connectivity index (χ0v) is 21.5. The molecule has 1 amide bonds. The van der Waals surface area contributed by atoms with Gasteiger partial charge in [0.1, 0.15) is 23.7 Å². The van der Waals surface area contributed by atoms with Crippen molar-refractivity contribution in [1.29, 1.82) is 0 Å². The van der Waals surface area contributed by atoms with Crippen LogP contribution >= 0.6 is 15.9 Å². The van der Waals surface area contributed by atoms with Crippen LogP contribution in [0.5, 0.6) is 5.75 Å². The Hall–Kier alpha value is -3.24. The SMILES string of the molecule is C=C(CCCNc1cc2c(Nc3ccc(Br)cc3F)ncnc2cc1OCC1CCNCC1)C(N)=O. The average molecular weight is 557 g/mol. The zero-order valence-electron chi connectivity index (χ0n) is 19.9. The molecule has 4 rings (SSSR count). The van der Waals surface area contributed by atoms with Gasteiger partial charge in [-0.3, -0.25) is 4.79 Å². The third-order valence-electron chi connectivity index (χ3n) is 6.17. The predicted octanol–water partition coefficient (Wildman–Crippen LogP) is 4.89. The van der Waals surface area contributed by atoms with Gasteiger partial charge in [-0.25, -0.2) is 14.4 Å². The molecule has 0 bridgehead atoms. The van der Waals surface area contributed by atoms with Crippen LogP contribution in [0.1, 0.15) is 25.7 Å². The standard InChI is InChI=1S/C26H30BrFN6O2/c1-16(25(29)35)3-2-8-31-23-12-19-22(13-24(23)36-14-17-6-9-30-10-7-17)32-15-33-26(19)34-21-5-4-18(27)11-20(21)28/h4-5,11-13,15,17,30-31H,1-3,6-10,14H2,(H2,29,35)(H,32,33,34). The number of nitrogens with zero attached hydrogens (tertiary/aromatic N) is 2. The molecule has 1 aliphatic heterocycles. The first kappa shape index (κ1) is 25.8. The molecule has 8 nitrogen and oxygen atoms in total. The molecular weight excluding hydrogens is 527 g/mol. The molecular formula is C26H30BrFN6O2. The summed E-state index contributed by atoms with van der Waals surface area (Å²) >= 11 is 3.28. The minimum atomic E-state index is -0.486. The summed E-state index contributed by atoms with van der Waals surface area (Å²) in [5.74, 6) is 0.771. The van der Waals surface area contributed by atoms with Crippen molar-refractivity contribution in [2.45, 2.75) is 25.7 Å². The molecule has 0 aliphatic carbocycles. The molecule has 0 unspecified atom stereocenters. The van der Waals surface area contributed by atoms with E-state index < -0.39 is 11.7 Å². The molecule has 1 aromatic heterocycles. The van der Waals surface area contributed by atoms with Gasteiger partial charge in [0.05, 0.1) is 23.5 Å². The maximum Gasteiger partial charge on any atom is 0.244 e. The smallest absolute Gasteiger partial charge is 0.244 e. The maximum absolute atomic E-state index is 14.5. The predicted molar refractivity (Wildman–Crippen MR) is 144 cm³/mol. The number of nitrogens with two attached hydrogens (primary N) is 1. The minimum Gasteiger partial charge on any atom is -0.491 e. The highest BCUT2D eigenvalue weighted by Crippen LogP contribution is 2.34. The average Bonchev–Trinajstić information content (AvgIpc) is 2.87. The number of carbonyl (C=O) groups excluding carboxylic acids is 1. The van der Waals surface area contributed by atoms with Gasteiger partial charge in [0.25, 0.3) is 0 Å². The van der Waals surface area contributed by atoms with E-state index >= 15 is 0 Å².